The van der Waals surface area contributed by atoms with E-state index < -0.39 is 15.6 Å². The Morgan fingerprint density at radius 2 is 2.06 bits per heavy atom. The first-order valence-corrected chi connectivity index (χ1v) is 6.79. The molecule has 1 aromatic rings. The number of benzene rings is 1. The van der Waals surface area contributed by atoms with E-state index >= 15 is 0 Å². The zero-order valence-corrected chi connectivity index (χ0v) is 11.4. The molecule has 4 N–H and O–H groups in total. The average molecular weight is 274 g/mol. The van der Waals surface area contributed by atoms with Crippen molar-refractivity contribution in [2.24, 2.45) is 0 Å². The molecule has 1 aromatic carbocycles. The first-order chi connectivity index (χ1) is 8.15. The van der Waals surface area contributed by atoms with E-state index in [1.54, 1.807) is 6.07 Å². The molecule has 1 rings (SSSR count). The molecule has 7 heteroatoms. The second kappa shape index (κ2) is 5.13. The summed E-state index contributed by atoms with van der Waals surface area (Å²) in [5, 5.41) is 9.53. The van der Waals surface area contributed by atoms with E-state index in [0.717, 1.165) is 0 Å². The second-order valence-corrected chi connectivity index (χ2v) is 6.28. The molecule has 0 aliphatic heterocycles. The fourth-order valence-electron chi connectivity index (χ4n) is 1.25. The summed E-state index contributed by atoms with van der Waals surface area (Å²) in [4.78, 5) is -0.0470. The topological polar surface area (TPSA) is 102 Å². The van der Waals surface area contributed by atoms with Crippen LogP contribution in [0.5, 0.6) is 5.75 Å². The largest absolute Gasteiger partial charge is 0.495 e. The summed E-state index contributed by atoms with van der Waals surface area (Å²) in [6, 6.07) is 4.34. The zero-order chi connectivity index (χ0) is 14.0. The van der Waals surface area contributed by atoms with Crippen LogP contribution >= 0.6 is 0 Å². The summed E-state index contributed by atoms with van der Waals surface area (Å²) >= 11 is 0. The van der Waals surface area contributed by atoms with E-state index in [9.17, 15) is 13.5 Å². The molecule has 0 amide bonds. The molecular formula is C11H18N2O4S. The number of anilines is 1. The van der Waals surface area contributed by atoms with E-state index in [4.69, 9.17) is 10.5 Å². The van der Waals surface area contributed by atoms with Crippen LogP contribution in [0.4, 0.5) is 5.69 Å². The van der Waals surface area contributed by atoms with Crippen molar-refractivity contribution in [3.05, 3.63) is 18.2 Å². The molecule has 0 unspecified atom stereocenters. The van der Waals surface area contributed by atoms with Gasteiger partial charge in [0.2, 0.25) is 10.0 Å². The first kappa shape index (κ1) is 14.7. The maximum absolute atomic E-state index is 12.1. The van der Waals surface area contributed by atoms with Gasteiger partial charge in [-0.3, -0.25) is 0 Å². The van der Waals surface area contributed by atoms with Crippen molar-refractivity contribution in [1.29, 1.82) is 0 Å². The lowest BCUT2D eigenvalue weighted by molar-refractivity contribution is 0.0857. The molecule has 0 spiro atoms. The highest BCUT2D eigenvalue weighted by molar-refractivity contribution is 7.89. The lowest BCUT2D eigenvalue weighted by atomic mass is 10.1. The molecule has 0 fully saturated rings. The van der Waals surface area contributed by atoms with Crippen LogP contribution in [0.2, 0.25) is 0 Å². The SMILES string of the molecule is COc1ccc(N)cc1S(=O)(=O)NCC(C)(C)O. The number of nitrogen functional groups attached to an aromatic ring is 1. The summed E-state index contributed by atoms with van der Waals surface area (Å²) < 4.78 is 31.4. The molecular weight excluding hydrogens is 256 g/mol. The van der Waals surface area contributed by atoms with Crippen molar-refractivity contribution < 1.29 is 18.3 Å². The number of aliphatic hydroxyl groups is 1. The highest BCUT2D eigenvalue weighted by Gasteiger charge is 2.23. The predicted octanol–water partition coefficient (Wildman–Crippen LogP) is 0.327. The van der Waals surface area contributed by atoms with E-state index in [1.165, 1.54) is 33.1 Å². The van der Waals surface area contributed by atoms with Crippen molar-refractivity contribution in [1.82, 2.24) is 4.72 Å². The Hall–Kier alpha value is -1.31. The number of sulfonamides is 1. The minimum Gasteiger partial charge on any atom is -0.495 e. The van der Waals surface area contributed by atoms with Gasteiger partial charge in [0.1, 0.15) is 10.6 Å². The van der Waals surface area contributed by atoms with Gasteiger partial charge in [-0.1, -0.05) is 0 Å². The number of nitrogens with two attached hydrogens (primary N) is 1. The standard InChI is InChI=1S/C11H18N2O4S/c1-11(2,14)7-13-18(15,16)10-6-8(12)4-5-9(10)17-3/h4-6,13-14H,7,12H2,1-3H3. The van der Waals surface area contributed by atoms with Gasteiger partial charge in [0, 0.05) is 12.2 Å². The normalized spacial score (nSPS) is 12.4. The lowest BCUT2D eigenvalue weighted by Crippen LogP contribution is -2.38. The molecule has 0 aliphatic carbocycles. The van der Waals surface area contributed by atoms with Gasteiger partial charge in [-0.15, -0.1) is 0 Å². The molecule has 0 aromatic heterocycles. The molecule has 0 saturated heterocycles. The second-order valence-electron chi connectivity index (χ2n) is 4.55. The van der Waals surface area contributed by atoms with Gasteiger partial charge >= 0.3 is 0 Å². The van der Waals surface area contributed by atoms with Gasteiger partial charge in [0.25, 0.3) is 0 Å². The average Bonchev–Trinajstić information content (AvgIpc) is 2.26. The van der Waals surface area contributed by atoms with Crippen LogP contribution in [0, 0.1) is 0 Å². The van der Waals surface area contributed by atoms with Crippen LogP contribution in [0.3, 0.4) is 0 Å². The summed E-state index contributed by atoms with van der Waals surface area (Å²) in [6.07, 6.45) is 0. The Morgan fingerprint density at radius 3 is 2.56 bits per heavy atom. The van der Waals surface area contributed by atoms with Crippen LogP contribution in [-0.2, 0) is 10.0 Å². The van der Waals surface area contributed by atoms with Gasteiger partial charge in [-0.25, -0.2) is 13.1 Å². The van der Waals surface area contributed by atoms with E-state index in [2.05, 4.69) is 4.72 Å². The van der Waals surface area contributed by atoms with Crippen molar-refractivity contribution >= 4 is 15.7 Å². The smallest absolute Gasteiger partial charge is 0.244 e. The number of ether oxygens (including phenoxy) is 1. The number of rotatable bonds is 5. The Kier molecular flexibility index (Phi) is 4.20. The third kappa shape index (κ3) is 3.86. The lowest BCUT2D eigenvalue weighted by Gasteiger charge is -2.18. The molecule has 0 aliphatic rings. The van der Waals surface area contributed by atoms with Crippen LogP contribution < -0.4 is 15.2 Å². The molecule has 18 heavy (non-hydrogen) atoms. The maximum atomic E-state index is 12.1. The molecule has 102 valence electrons. The maximum Gasteiger partial charge on any atom is 0.244 e. The van der Waals surface area contributed by atoms with E-state index in [0.29, 0.717) is 5.69 Å². The minimum atomic E-state index is -3.77. The number of nitrogens with one attached hydrogen (secondary N) is 1. The summed E-state index contributed by atoms with van der Waals surface area (Å²) in [5.41, 5.74) is 4.74. The number of methoxy groups -OCH3 is 1. The fraction of sp³-hybridized carbons (Fsp3) is 0.455. The summed E-state index contributed by atoms with van der Waals surface area (Å²) in [7, 11) is -2.40. The van der Waals surface area contributed by atoms with Gasteiger partial charge in [-0.2, -0.15) is 0 Å². The van der Waals surface area contributed by atoms with Crippen molar-refractivity contribution in [3.63, 3.8) is 0 Å². The van der Waals surface area contributed by atoms with Crippen molar-refractivity contribution in [2.75, 3.05) is 19.4 Å². The molecule has 0 radical (unpaired) electrons. The molecule has 0 heterocycles. The molecule has 0 bridgehead atoms. The molecule has 0 atom stereocenters. The summed E-state index contributed by atoms with van der Waals surface area (Å²) in [6.45, 7) is 2.91. The third-order valence-electron chi connectivity index (χ3n) is 2.17. The Labute approximate surface area is 107 Å². The van der Waals surface area contributed by atoms with Gasteiger partial charge in [0.15, 0.2) is 0 Å². The minimum absolute atomic E-state index is 0.0470. The Balaban J connectivity index is 3.08. The predicted molar refractivity (Wildman–Crippen MR) is 68.9 cm³/mol. The fourth-order valence-corrected chi connectivity index (χ4v) is 2.66. The van der Waals surface area contributed by atoms with Gasteiger partial charge in [0.05, 0.1) is 12.7 Å². The third-order valence-corrected chi connectivity index (χ3v) is 3.59. The monoisotopic (exact) mass is 274 g/mol. The van der Waals surface area contributed by atoms with E-state index in [-0.39, 0.29) is 17.2 Å². The highest BCUT2D eigenvalue weighted by Crippen LogP contribution is 2.25. The Bertz CT molecular complexity index is 520. The van der Waals surface area contributed by atoms with Crippen LogP contribution in [0.25, 0.3) is 0 Å². The van der Waals surface area contributed by atoms with Crippen molar-refractivity contribution in [3.8, 4) is 5.75 Å². The molecule has 0 saturated carbocycles. The number of hydrogen-bond donors (Lipinski definition) is 3. The van der Waals surface area contributed by atoms with Crippen molar-refractivity contribution in [2.45, 2.75) is 24.3 Å². The Morgan fingerprint density at radius 1 is 1.44 bits per heavy atom. The number of hydrogen-bond acceptors (Lipinski definition) is 5. The summed E-state index contributed by atoms with van der Waals surface area (Å²) in [5.74, 6) is 0.201. The van der Waals surface area contributed by atoms with E-state index in [1.807, 2.05) is 0 Å². The first-order valence-electron chi connectivity index (χ1n) is 5.31. The highest BCUT2D eigenvalue weighted by atomic mass is 32.2. The van der Waals surface area contributed by atoms with Crippen LogP contribution in [0.1, 0.15) is 13.8 Å². The zero-order valence-electron chi connectivity index (χ0n) is 10.6. The van der Waals surface area contributed by atoms with Crippen LogP contribution in [-0.4, -0.2) is 32.8 Å². The quantitative estimate of drug-likeness (QED) is 0.671. The van der Waals surface area contributed by atoms with Gasteiger partial charge < -0.3 is 15.6 Å². The molecule has 6 nitrogen and oxygen atoms in total. The van der Waals surface area contributed by atoms with Crippen LogP contribution in [0.15, 0.2) is 23.1 Å². The van der Waals surface area contributed by atoms with Gasteiger partial charge in [-0.05, 0) is 32.0 Å².